The number of pyridine rings is 1. The van der Waals surface area contributed by atoms with Gasteiger partial charge >= 0.3 is 17.9 Å². The van der Waals surface area contributed by atoms with Gasteiger partial charge in [-0.2, -0.15) is 0 Å². The van der Waals surface area contributed by atoms with E-state index < -0.39 is 23.9 Å². The zero-order valence-electron chi connectivity index (χ0n) is 25.4. The second kappa shape index (κ2) is 20.3. The number of carboxylic acid groups (broad SMARTS) is 4. The Bertz CT molecular complexity index is 1290. The van der Waals surface area contributed by atoms with Crippen molar-refractivity contribution in [3.05, 3.63) is 66.9 Å². The minimum atomic E-state index is -1.51. The summed E-state index contributed by atoms with van der Waals surface area (Å²) in [4.78, 5) is 61.8. The summed E-state index contributed by atoms with van der Waals surface area (Å²) < 4.78 is 5.12. The van der Waals surface area contributed by atoms with Crippen molar-refractivity contribution in [2.75, 3.05) is 57.3 Å². The Hall–Kier alpha value is -4.73. The molecule has 46 heavy (non-hydrogen) atoms. The van der Waals surface area contributed by atoms with E-state index in [0.29, 0.717) is 30.9 Å². The number of nitrogens with one attached hydrogen (secondary N) is 2. The van der Waals surface area contributed by atoms with Gasteiger partial charge in [-0.15, -0.1) is 0 Å². The lowest BCUT2D eigenvalue weighted by Gasteiger charge is -2.31. The molecule has 14 nitrogen and oxygen atoms in total. The van der Waals surface area contributed by atoms with Crippen LogP contribution in [0.2, 0.25) is 0 Å². The second-order valence-electron chi connectivity index (χ2n) is 10.1. The summed E-state index contributed by atoms with van der Waals surface area (Å²) in [5, 5.41) is 34.5. The molecule has 4 rings (SSSR count). The molecule has 0 saturated carbocycles. The summed E-state index contributed by atoms with van der Waals surface area (Å²) in [7, 11) is 0. The lowest BCUT2D eigenvalue weighted by molar-refractivity contribution is -0.938. The van der Waals surface area contributed by atoms with E-state index in [1.165, 1.54) is 55.0 Å². The van der Waals surface area contributed by atoms with Crippen LogP contribution < -0.4 is 24.9 Å². The molecule has 3 heterocycles. The summed E-state index contributed by atoms with van der Waals surface area (Å²) in [5.41, 5.74) is 1.28. The van der Waals surface area contributed by atoms with Crippen LogP contribution in [0.1, 0.15) is 19.8 Å². The normalized spacial score (nSPS) is 16.8. The van der Waals surface area contributed by atoms with Gasteiger partial charge in [-0.25, -0.2) is 14.6 Å². The molecule has 0 bridgehead atoms. The molecule has 248 valence electrons. The van der Waals surface area contributed by atoms with Gasteiger partial charge in [0, 0.05) is 49.6 Å². The second-order valence-corrected chi connectivity index (χ2v) is 11.2. The molecule has 0 spiro atoms. The first kappa shape index (κ1) is 37.5. The number of ether oxygens (including phenoxy) is 1. The van der Waals surface area contributed by atoms with E-state index in [4.69, 9.17) is 14.9 Å². The Kier molecular flexibility index (Phi) is 16.6. The number of aliphatic carboxylic acids is 4. The number of quaternary nitrogens is 2. The summed E-state index contributed by atoms with van der Waals surface area (Å²) in [6.45, 7) is 9.89. The highest BCUT2D eigenvalue weighted by Crippen LogP contribution is 2.46. The van der Waals surface area contributed by atoms with Crippen molar-refractivity contribution in [3.63, 3.8) is 0 Å². The molecule has 4 N–H and O–H groups in total. The van der Waals surface area contributed by atoms with Gasteiger partial charge in [0.2, 0.25) is 0 Å². The lowest BCUT2D eigenvalue weighted by Crippen LogP contribution is -3.18. The number of aromatic nitrogens is 1. The van der Waals surface area contributed by atoms with Gasteiger partial charge in [-0.3, -0.25) is 4.79 Å². The largest absolute Gasteiger partial charge is 0.545 e. The molecule has 1 aromatic carbocycles. The van der Waals surface area contributed by atoms with Crippen molar-refractivity contribution in [2.45, 2.75) is 29.6 Å². The summed E-state index contributed by atoms with van der Waals surface area (Å²) in [5.74, 6) is -4.69. The summed E-state index contributed by atoms with van der Waals surface area (Å²) in [6, 6.07) is 12.8. The number of hydrogen-bond acceptors (Lipinski definition) is 11. The molecule has 15 heteroatoms. The molecule has 1 saturated heterocycles. The van der Waals surface area contributed by atoms with Gasteiger partial charge < -0.3 is 49.5 Å². The van der Waals surface area contributed by atoms with Crippen molar-refractivity contribution >= 4 is 53.1 Å². The number of esters is 1. The molecule has 0 amide bonds. The van der Waals surface area contributed by atoms with Gasteiger partial charge in [-0.1, -0.05) is 23.9 Å². The first-order valence-electron chi connectivity index (χ1n) is 14.5. The van der Waals surface area contributed by atoms with Crippen LogP contribution in [0.25, 0.3) is 0 Å². The van der Waals surface area contributed by atoms with E-state index in [0.717, 1.165) is 31.9 Å². The number of fused-ring (bicyclic) bond motifs is 2. The van der Waals surface area contributed by atoms with Crippen LogP contribution in [0, 0.1) is 0 Å². The van der Waals surface area contributed by atoms with Gasteiger partial charge in [0.25, 0.3) is 0 Å². The smallest absolute Gasteiger partial charge is 0.328 e. The van der Waals surface area contributed by atoms with Crippen molar-refractivity contribution in [1.29, 1.82) is 0 Å². The summed E-state index contributed by atoms with van der Waals surface area (Å²) >= 11 is 1.82. The molecule has 1 aromatic heterocycles. The number of para-hydroxylation sites is 1. The predicted octanol–water partition coefficient (Wildman–Crippen LogP) is -2.43. The Morgan fingerprint density at radius 1 is 0.870 bits per heavy atom. The molecule has 0 radical (unpaired) electrons. The van der Waals surface area contributed by atoms with Gasteiger partial charge in [-0.05, 0) is 36.4 Å². The van der Waals surface area contributed by atoms with Crippen LogP contribution in [0.4, 0.5) is 11.5 Å². The molecule has 2 aromatic rings. The number of hydrogen-bond donors (Lipinski definition) is 4. The molecular formula is C31H38N4O10S. The zero-order chi connectivity index (χ0) is 33.9. The fourth-order valence-electron chi connectivity index (χ4n) is 4.69. The van der Waals surface area contributed by atoms with E-state index in [9.17, 15) is 34.2 Å². The van der Waals surface area contributed by atoms with Crippen LogP contribution in [0.5, 0.6) is 0 Å². The first-order chi connectivity index (χ1) is 22.0. The standard InChI is InChI=1S/C23H30N4O2S.2C4H4O4/c1-19(28)29-18-17-26-12-5-11-25(15-16-26)13-6-14-27-20-7-2-3-8-21(20)30-22-9-4-10-24-23(22)27;2*5-3(6)1-2-4(7)8/h2-4,7-10H,5-6,11-18H2,1H3;2*1-2H,(H,5,6)(H,7,8)/b;2*2-1+. The Morgan fingerprint density at radius 2 is 1.46 bits per heavy atom. The highest BCUT2D eigenvalue weighted by Gasteiger charge is 2.25. The zero-order valence-corrected chi connectivity index (χ0v) is 26.2. The number of benzene rings is 1. The van der Waals surface area contributed by atoms with Gasteiger partial charge in [0.05, 0.1) is 42.2 Å². The highest BCUT2D eigenvalue weighted by molar-refractivity contribution is 7.99. The molecule has 2 aliphatic rings. The van der Waals surface area contributed by atoms with Crippen molar-refractivity contribution in [1.82, 2.24) is 4.98 Å². The third-order valence-electron chi connectivity index (χ3n) is 6.67. The topological polar surface area (TPSA) is 206 Å². The molecular weight excluding hydrogens is 620 g/mol. The van der Waals surface area contributed by atoms with E-state index in [1.54, 1.807) is 9.80 Å². The maximum Gasteiger partial charge on any atom is 0.328 e. The van der Waals surface area contributed by atoms with E-state index in [-0.39, 0.29) is 5.97 Å². The molecule has 0 aliphatic carbocycles. The third-order valence-corrected chi connectivity index (χ3v) is 7.78. The number of anilines is 2. The average Bonchev–Trinajstić information content (AvgIpc) is 3.24. The maximum atomic E-state index is 11.0. The van der Waals surface area contributed by atoms with Gasteiger partial charge in [0.15, 0.2) is 0 Å². The average molecular weight is 659 g/mol. The van der Waals surface area contributed by atoms with Gasteiger partial charge in [0.1, 0.15) is 32.1 Å². The Labute approximate surface area is 270 Å². The fraction of sp³-hybridized carbons (Fsp3) is 0.355. The maximum absolute atomic E-state index is 11.0. The number of carbonyl (C=O) groups excluding carboxylic acids is 3. The number of nitrogens with zero attached hydrogens (tertiary/aromatic N) is 2. The van der Waals surface area contributed by atoms with Crippen molar-refractivity contribution in [3.8, 4) is 0 Å². The highest BCUT2D eigenvalue weighted by atomic mass is 32.2. The fourth-order valence-corrected chi connectivity index (χ4v) is 5.75. The van der Waals surface area contributed by atoms with Crippen LogP contribution >= 0.6 is 11.8 Å². The molecule has 2 unspecified atom stereocenters. The Morgan fingerprint density at radius 3 is 2.02 bits per heavy atom. The Balaban J connectivity index is 0.000000381. The van der Waals surface area contributed by atoms with Crippen molar-refractivity contribution < 1.29 is 58.9 Å². The minimum Gasteiger partial charge on any atom is -0.545 e. The SMILES string of the molecule is CC(=O)OCC[NH+]1CCC[NH+](CCCN2c3ccccc3Sc3cccnc32)CC1.O=C([O-])/C=C/C(=O)O.O=C([O-])/C=C/C(=O)O. The number of rotatable bonds is 11. The first-order valence-corrected chi connectivity index (χ1v) is 15.3. The predicted molar refractivity (Wildman–Crippen MR) is 162 cm³/mol. The minimum absolute atomic E-state index is 0.176. The van der Waals surface area contributed by atoms with Crippen molar-refractivity contribution in [2.24, 2.45) is 0 Å². The quantitative estimate of drug-likeness (QED) is 0.147. The third kappa shape index (κ3) is 14.8. The number of carbonyl (C=O) groups is 5. The van der Waals surface area contributed by atoms with E-state index in [2.05, 4.69) is 40.2 Å². The van der Waals surface area contributed by atoms with Crippen LogP contribution in [0.3, 0.4) is 0 Å². The summed E-state index contributed by atoms with van der Waals surface area (Å²) in [6.07, 6.45) is 6.16. The molecule has 1 fully saturated rings. The number of carboxylic acids is 4. The van der Waals surface area contributed by atoms with E-state index in [1.807, 2.05) is 24.0 Å². The monoisotopic (exact) mass is 658 g/mol. The lowest BCUT2D eigenvalue weighted by atomic mass is 10.2. The van der Waals surface area contributed by atoms with E-state index >= 15 is 0 Å². The van der Waals surface area contributed by atoms with Crippen LogP contribution in [-0.2, 0) is 28.7 Å². The molecule has 2 atom stereocenters. The van der Waals surface area contributed by atoms with Crippen LogP contribution in [-0.4, -0.2) is 97.5 Å². The van der Waals surface area contributed by atoms with Crippen LogP contribution in [0.15, 0.2) is 76.7 Å². The molecule has 2 aliphatic heterocycles.